The molecule has 110 valence electrons. The fourth-order valence-electron chi connectivity index (χ4n) is 2.45. The topological polar surface area (TPSA) is 0 Å². The standard InChI is InChI=1S/C20H16F2/c1-14-2-6-16(7-3-14)18-10-11-19(20(22)12-18)17-8-4-15(13-21)5-9-17/h2-12H,13H2,1H3. The fraction of sp³-hybridized carbons (Fsp3) is 0.100. The zero-order valence-electron chi connectivity index (χ0n) is 12.3. The molecule has 0 radical (unpaired) electrons. The highest BCUT2D eigenvalue weighted by Crippen LogP contribution is 2.28. The van der Waals surface area contributed by atoms with Gasteiger partial charge in [0.2, 0.25) is 0 Å². The molecule has 0 aliphatic carbocycles. The molecule has 0 aromatic heterocycles. The smallest absolute Gasteiger partial charge is 0.131 e. The Balaban J connectivity index is 1.96. The van der Waals surface area contributed by atoms with E-state index < -0.39 is 6.67 Å². The zero-order chi connectivity index (χ0) is 15.5. The second kappa shape index (κ2) is 6.10. The van der Waals surface area contributed by atoms with Crippen LogP contribution in [0.3, 0.4) is 0 Å². The summed E-state index contributed by atoms with van der Waals surface area (Å²) < 4.78 is 26.9. The molecule has 2 heteroatoms. The van der Waals surface area contributed by atoms with Crippen LogP contribution in [0.15, 0.2) is 66.7 Å². The molecule has 22 heavy (non-hydrogen) atoms. The van der Waals surface area contributed by atoms with E-state index in [1.807, 2.05) is 37.3 Å². The van der Waals surface area contributed by atoms with Crippen molar-refractivity contribution >= 4 is 0 Å². The van der Waals surface area contributed by atoms with Crippen molar-refractivity contribution in [3.63, 3.8) is 0 Å². The van der Waals surface area contributed by atoms with E-state index in [0.29, 0.717) is 11.1 Å². The molecule has 0 atom stereocenters. The van der Waals surface area contributed by atoms with Crippen molar-refractivity contribution in [1.29, 1.82) is 0 Å². The number of hydrogen-bond acceptors (Lipinski definition) is 0. The Labute approximate surface area is 129 Å². The summed E-state index contributed by atoms with van der Waals surface area (Å²) in [5.41, 5.74) is 4.89. The molecule has 0 fully saturated rings. The largest absolute Gasteiger partial charge is 0.246 e. The van der Waals surface area contributed by atoms with Crippen molar-refractivity contribution in [2.24, 2.45) is 0 Å². The number of benzene rings is 3. The van der Waals surface area contributed by atoms with E-state index in [9.17, 15) is 8.78 Å². The summed E-state index contributed by atoms with van der Waals surface area (Å²) in [4.78, 5) is 0. The van der Waals surface area contributed by atoms with Crippen LogP contribution in [-0.4, -0.2) is 0 Å². The molecule has 0 heterocycles. The molecule has 3 rings (SSSR count). The molecule has 0 saturated carbocycles. The SMILES string of the molecule is Cc1ccc(-c2ccc(-c3ccc(CF)cc3)c(F)c2)cc1. The lowest BCUT2D eigenvalue weighted by atomic mass is 9.98. The third kappa shape index (κ3) is 2.91. The van der Waals surface area contributed by atoms with Gasteiger partial charge in [-0.15, -0.1) is 0 Å². The Morgan fingerprint density at radius 3 is 1.91 bits per heavy atom. The van der Waals surface area contributed by atoms with Crippen LogP contribution in [0.5, 0.6) is 0 Å². The Bertz CT molecular complexity index is 772. The summed E-state index contributed by atoms with van der Waals surface area (Å²) in [5, 5.41) is 0. The Morgan fingerprint density at radius 1 is 0.727 bits per heavy atom. The summed E-state index contributed by atoms with van der Waals surface area (Å²) in [7, 11) is 0. The minimum absolute atomic E-state index is 0.272. The number of alkyl halides is 1. The first-order valence-corrected chi connectivity index (χ1v) is 7.19. The summed E-state index contributed by atoms with van der Waals surface area (Å²) in [6.45, 7) is 1.52. The number of halogens is 2. The minimum atomic E-state index is -0.505. The fourth-order valence-corrected chi connectivity index (χ4v) is 2.45. The van der Waals surface area contributed by atoms with Gasteiger partial charge in [0.25, 0.3) is 0 Å². The van der Waals surface area contributed by atoms with Gasteiger partial charge in [-0.3, -0.25) is 0 Å². The maximum Gasteiger partial charge on any atom is 0.131 e. The Kier molecular flexibility index (Phi) is 4.01. The average Bonchev–Trinajstić information content (AvgIpc) is 2.56. The Hall–Kier alpha value is -2.48. The average molecular weight is 294 g/mol. The van der Waals surface area contributed by atoms with Gasteiger partial charge in [-0.2, -0.15) is 0 Å². The highest BCUT2D eigenvalue weighted by Gasteiger charge is 2.07. The maximum atomic E-state index is 14.4. The molecule has 0 spiro atoms. The van der Waals surface area contributed by atoms with Gasteiger partial charge in [-0.1, -0.05) is 66.2 Å². The number of rotatable bonds is 3. The van der Waals surface area contributed by atoms with Gasteiger partial charge in [0.15, 0.2) is 0 Å². The predicted octanol–water partition coefficient (Wildman–Crippen LogP) is 5.94. The quantitative estimate of drug-likeness (QED) is 0.561. The molecule has 0 saturated heterocycles. The second-order valence-electron chi connectivity index (χ2n) is 5.39. The molecule has 3 aromatic rings. The van der Waals surface area contributed by atoms with Crippen LogP contribution in [0.2, 0.25) is 0 Å². The maximum absolute atomic E-state index is 14.4. The van der Waals surface area contributed by atoms with Crippen molar-refractivity contribution in [3.8, 4) is 22.3 Å². The lowest BCUT2D eigenvalue weighted by Crippen LogP contribution is -1.87. The van der Waals surface area contributed by atoms with E-state index in [1.54, 1.807) is 36.4 Å². The van der Waals surface area contributed by atoms with Crippen LogP contribution in [-0.2, 0) is 6.67 Å². The van der Waals surface area contributed by atoms with Crippen LogP contribution in [0, 0.1) is 12.7 Å². The first-order valence-electron chi connectivity index (χ1n) is 7.19. The molecule has 0 nitrogen and oxygen atoms in total. The minimum Gasteiger partial charge on any atom is -0.246 e. The Morgan fingerprint density at radius 2 is 1.32 bits per heavy atom. The van der Waals surface area contributed by atoms with Crippen LogP contribution in [0.1, 0.15) is 11.1 Å². The van der Waals surface area contributed by atoms with Gasteiger partial charge < -0.3 is 0 Å². The highest BCUT2D eigenvalue weighted by atomic mass is 19.1. The second-order valence-corrected chi connectivity index (χ2v) is 5.39. The van der Waals surface area contributed by atoms with Crippen molar-refractivity contribution < 1.29 is 8.78 Å². The number of hydrogen-bond donors (Lipinski definition) is 0. The monoisotopic (exact) mass is 294 g/mol. The molecular weight excluding hydrogens is 278 g/mol. The van der Waals surface area contributed by atoms with Crippen LogP contribution < -0.4 is 0 Å². The van der Waals surface area contributed by atoms with E-state index in [1.165, 1.54) is 5.56 Å². The molecule has 3 aromatic carbocycles. The molecule has 0 aliphatic rings. The summed E-state index contributed by atoms with van der Waals surface area (Å²) in [5.74, 6) is -0.272. The van der Waals surface area contributed by atoms with Gasteiger partial charge in [-0.25, -0.2) is 8.78 Å². The molecular formula is C20H16F2. The molecule has 0 amide bonds. The molecule has 0 aliphatic heterocycles. The van der Waals surface area contributed by atoms with E-state index >= 15 is 0 Å². The van der Waals surface area contributed by atoms with Crippen molar-refractivity contribution in [2.45, 2.75) is 13.6 Å². The third-order valence-corrected chi connectivity index (χ3v) is 3.77. The van der Waals surface area contributed by atoms with Crippen LogP contribution in [0.25, 0.3) is 22.3 Å². The lowest BCUT2D eigenvalue weighted by Gasteiger charge is -2.08. The summed E-state index contributed by atoms with van der Waals surface area (Å²) in [6, 6.07) is 20.1. The normalized spacial score (nSPS) is 10.7. The lowest BCUT2D eigenvalue weighted by molar-refractivity contribution is 0.485. The summed E-state index contributed by atoms with van der Waals surface area (Å²) >= 11 is 0. The first-order chi connectivity index (χ1) is 10.7. The first kappa shape index (κ1) is 14.5. The summed E-state index contributed by atoms with van der Waals surface area (Å²) in [6.07, 6.45) is 0. The molecule has 0 N–H and O–H groups in total. The van der Waals surface area contributed by atoms with Gasteiger partial charge >= 0.3 is 0 Å². The van der Waals surface area contributed by atoms with Gasteiger partial charge in [-0.05, 0) is 35.2 Å². The molecule has 0 bridgehead atoms. The van der Waals surface area contributed by atoms with Gasteiger partial charge in [0, 0.05) is 5.56 Å². The van der Waals surface area contributed by atoms with E-state index in [-0.39, 0.29) is 5.82 Å². The third-order valence-electron chi connectivity index (χ3n) is 3.77. The molecule has 0 unspecified atom stereocenters. The van der Waals surface area contributed by atoms with Gasteiger partial charge in [0.05, 0.1) is 0 Å². The zero-order valence-corrected chi connectivity index (χ0v) is 12.3. The van der Waals surface area contributed by atoms with E-state index in [4.69, 9.17) is 0 Å². The predicted molar refractivity (Wildman–Crippen MR) is 86.8 cm³/mol. The van der Waals surface area contributed by atoms with Crippen molar-refractivity contribution in [1.82, 2.24) is 0 Å². The number of aryl methyl sites for hydroxylation is 1. The van der Waals surface area contributed by atoms with Crippen molar-refractivity contribution in [2.75, 3.05) is 0 Å². The van der Waals surface area contributed by atoms with Crippen LogP contribution in [0.4, 0.5) is 8.78 Å². The van der Waals surface area contributed by atoms with E-state index in [2.05, 4.69) is 0 Å². The van der Waals surface area contributed by atoms with Crippen molar-refractivity contribution in [3.05, 3.63) is 83.7 Å². The van der Waals surface area contributed by atoms with E-state index in [0.717, 1.165) is 16.7 Å². The van der Waals surface area contributed by atoms with Gasteiger partial charge in [0.1, 0.15) is 12.5 Å². The highest BCUT2D eigenvalue weighted by molar-refractivity contribution is 5.71. The van der Waals surface area contributed by atoms with Crippen LogP contribution >= 0.6 is 0 Å².